The van der Waals surface area contributed by atoms with Gasteiger partial charge in [-0.15, -0.1) is 0 Å². The molecule has 1 aliphatic heterocycles. The lowest BCUT2D eigenvalue weighted by Gasteiger charge is -2.28. The van der Waals surface area contributed by atoms with Gasteiger partial charge in [-0.3, -0.25) is 19.2 Å². The molecule has 1 fully saturated rings. The SMILES string of the molecule is NCCCCC(NC(=O)C(CCC(=O)O)NC(=O)C1CCCN1C(=O)C(N)CS)C(=O)O. The van der Waals surface area contributed by atoms with Crippen molar-refractivity contribution in [3.05, 3.63) is 0 Å². The molecule has 0 radical (unpaired) electrons. The molecule has 3 amide bonds. The maximum Gasteiger partial charge on any atom is 0.326 e. The smallest absolute Gasteiger partial charge is 0.326 e. The summed E-state index contributed by atoms with van der Waals surface area (Å²) < 4.78 is 0. The van der Waals surface area contributed by atoms with E-state index in [0.717, 1.165) is 0 Å². The van der Waals surface area contributed by atoms with Crippen LogP contribution in [0.4, 0.5) is 0 Å². The van der Waals surface area contributed by atoms with Gasteiger partial charge in [-0.1, -0.05) is 0 Å². The lowest BCUT2D eigenvalue weighted by molar-refractivity contribution is -0.143. The quantitative estimate of drug-likeness (QED) is 0.113. The van der Waals surface area contributed by atoms with Crippen molar-refractivity contribution >= 4 is 42.3 Å². The molecule has 32 heavy (non-hydrogen) atoms. The fourth-order valence-corrected chi connectivity index (χ4v) is 3.58. The van der Waals surface area contributed by atoms with E-state index in [0.29, 0.717) is 38.8 Å². The van der Waals surface area contributed by atoms with Crippen molar-refractivity contribution in [2.24, 2.45) is 11.5 Å². The van der Waals surface area contributed by atoms with Crippen molar-refractivity contribution in [1.29, 1.82) is 0 Å². The molecular weight excluding hydrogens is 442 g/mol. The number of unbranched alkanes of at least 4 members (excludes halogenated alkanes) is 1. The Morgan fingerprint density at radius 3 is 2.31 bits per heavy atom. The van der Waals surface area contributed by atoms with Gasteiger partial charge in [0.25, 0.3) is 0 Å². The largest absolute Gasteiger partial charge is 0.481 e. The summed E-state index contributed by atoms with van der Waals surface area (Å²) in [6.07, 6.45) is 1.48. The first kappa shape index (κ1) is 27.7. The summed E-state index contributed by atoms with van der Waals surface area (Å²) in [5.41, 5.74) is 11.1. The summed E-state index contributed by atoms with van der Waals surface area (Å²) in [6, 6.07) is -4.20. The Bertz CT molecular complexity index is 693. The van der Waals surface area contributed by atoms with Crippen molar-refractivity contribution in [3.8, 4) is 0 Å². The highest BCUT2D eigenvalue weighted by Gasteiger charge is 2.37. The van der Waals surface area contributed by atoms with Gasteiger partial charge in [-0.2, -0.15) is 12.6 Å². The minimum absolute atomic E-state index is 0.105. The zero-order chi connectivity index (χ0) is 24.3. The Morgan fingerprint density at radius 2 is 1.75 bits per heavy atom. The summed E-state index contributed by atoms with van der Waals surface area (Å²) in [5.74, 6) is -4.17. The summed E-state index contributed by atoms with van der Waals surface area (Å²) in [7, 11) is 0. The number of carboxylic acid groups (broad SMARTS) is 2. The van der Waals surface area contributed by atoms with E-state index in [2.05, 4.69) is 23.3 Å². The fourth-order valence-electron chi connectivity index (χ4n) is 3.42. The normalized spacial score (nSPS) is 18.5. The number of nitrogens with zero attached hydrogens (tertiary/aromatic N) is 1. The van der Waals surface area contributed by atoms with Gasteiger partial charge in [0.05, 0.1) is 6.04 Å². The van der Waals surface area contributed by atoms with Gasteiger partial charge in [0.1, 0.15) is 18.1 Å². The third-order valence-electron chi connectivity index (χ3n) is 5.19. The van der Waals surface area contributed by atoms with Crippen LogP contribution in [0.3, 0.4) is 0 Å². The van der Waals surface area contributed by atoms with E-state index in [1.54, 1.807) is 0 Å². The second-order valence-electron chi connectivity index (χ2n) is 7.66. The van der Waals surface area contributed by atoms with Crippen LogP contribution >= 0.6 is 12.6 Å². The molecule has 0 aromatic rings. The predicted octanol–water partition coefficient (Wildman–Crippen LogP) is -1.72. The first-order valence-corrected chi connectivity index (χ1v) is 11.2. The molecule has 1 heterocycles. The van der Waals surface area contributed by atoms with Gasteiger partial charge in [-0.05, 0) is 45.1 Å². The number of carbonyl (C=O) groups excluding carboxylic acids is 3. The second-order valence-corrected chi connectivity index (χ2v) is 8.02. The molecule has 1 saturated heterocycles. The van der Waals surface area contributed by atoms with Crippen LogP contribution in [0.2, 0.25) is 0 Å². The van der Waals surface area contributed by atoms with Crippen molar-refractivity contribution in [1.82, 2.24) is 15.5 Å². The van der Waals surface area contributed by atoms with E-state index in [1.807, 2.05) is 0 Å². The average Bonchev–Trinajstić information content (AvgIpc) is 3.24. The van der Waals surface area contributed by atoms with E-state index < -0.39 is 60.2 Å². The van der Waals surface area contributed by atoms with Crippen LogP contribution in [-0.4, -0.2) is 87.8 Å². The van der Waals surface area contributed by atoms with E-state index in [4.69, 9.17) is 16.6 Å². The Balaban J connectivity index is 2.89. The average molecular weight is 476 g/mol. The highest BCUT2D eigenvalue weighted by Crippen LogP contribution is 2.19. The maximum atomic E-state index is 12.8. The van der Waals surface area contributed by atoms with Crippen LogP contribution in [0.1, 0.15) is 44.9 Å². The number of hydrogen-bond acceptors (Lipinski definition) is 8. The number of nitrogens with one attached hydrogen (secondary N) is 2. The number of likely N-dealkylation sites (tertiary alicyclic amines) is 1. The van der Waals surface area contributed by atoms with Crippen LogP contribution in [-0.2, 0) is 24.0 Å². The summed E-state index contributed by atoms with van der Waals surface area (Å²) in [5, 5.41) is 23.2. The third kappa shape index (κ3) is 8.63. The summed E-state index contributed by atoms with van der Waals surface area (Å²) >= 11 is 4.00. The number of hydrogen-bond donors (Lipinski definition) is 7. The fraction of sp³-hybridized carbons (Fsp3) is 0.737. The molecule has 0 aromatic heterocycles. The minimum atomic E-state index is -1.27. The Kier molecular flexibility index (Phi) is 12.0. The van der Waals surface area contributed by atoms with Gasteiger partial charge in [0.2, 0.25) is 17.7 Å². The van der Waals surface area contributed by atoms with Gasteiger partial charge in [0, 0.05) is 18.7 Å². The summed E-state index contributed by atoms with van der Waals surface area (Å²) in [4.78, 5) is 61.8. The first-order valence-electron chi connectivity index (χ1n) is 10.5. The number of carbonyl (C=O) groups is 5. The Hall–Kier alpha value is -2.38. The van der Waals surface area contributed by atoms with Gasteiger partial charge in [-0.25, -0.2) is 4.79 Å². The lowest BCUT2D eigenvalue weighted by Crippen LogP contribution is -2.56. The molecule has 4 atom stereocenters. The van der Waals surface area contributed by atoms with E-state index >= 15 is 0 Å². The molecule has 1 aliphatic rings. The van der Waals surface area contributed by atoms with E-state index in [-0.39, 0.29) is 18.6 Å². The number of nitrogens with two attached hydrogens (primary N) is 2. The highest BCUT2D eigenvalue weighted by molar-refractivity contribution is 7.80. The van der Waals surface area contributed by atoms with Crippen molar-refractivity contribution in [3.63, 3.8) is 0 Å². The number of amides is 3. The highest BCUT2D eigenvalue weighted by atomic mass is 32.1. The molecule has 8 N–H and O–H groups in total. The molecule has 1 rings (SSSR count). The molecule has 0 aliphatic carbocycles. The minimum Gasteiger partial charge on any atom is -0.481 e. The molecule has 4 unspecified atom stereocenters. The summed E-state index contributed by atoms with van der Waals surface area (Å²) in [6.45, 7) is 0.706. The van der Waals surface area contributed by atoms with Crippen molar-refractivity contribution in [2.45, 2.75) is 69.1 Å². The molecule has 0 aromatic carbocycles. The monoisotopic (exact) mass is 475 g/mol. The number of thiol groups is 1. The molecule has 0 saturated carbocycles. The second kappa shape index (κ2) is 13.9. The van der Waals surface area contributed by atoms with Crippen LogP contribution < -0.4 is 22.1 Å². The molecule has 182 valence electrons. The lowest BCUT2D eigenvalue weighted by atomic mass is 10.1. The van der Waals surface area contributed by atoms with E-state index in [9.17, 15) is 29.1 Å². The standard InChI is InChI=1S/C19H33N5O7S/c20-8-2-1-4-13(19(30)31)23-16(27)12(6-7-15(25)26)22-17(28)14-5-3-9-24(14)18(29)11(21)10-32/h11-14,32H,1-10,20-21H2,(H,22,28)(H,23,27)(H,25,26)(H,30,31). The predicted molar refractivity (Wildman–Crippen MR) is 118 cm³/mol. The van der Waals surface area contributed by atoms with Gasteiger partial charge in [0.15, 0.2) is 0 Å². The van der Waals surface area contributed by atoms with Crippen LogP contribution in [0.15, 0.2) is 0 Å². The van der Waals surface area contributed by atoms with Gasteiger partial charge >= 0.3 is 11.9 Å². The van der Waals surface area contributed by atoms with Crippen molar-refractivity contribution < 1.29 is 34.2 Å². The van der Waals surface area contributed by atoms with Crippen LogP contribution in [0.5, 0.6) is 0 Å². The molecule has 0 spiro atoms. The molecule has 0 bridgehead atoms. The number of rotatable bonds is 14. The number of carboxylic acids is 2. The molecular formula is C19H33N5O7S. The first-order chi connectivity index (χ1) is 15.1. The maximum absolute atomic E-state index is 12.8. The topological polar surface area (TPSA) is 205 Å². The Labute approximate surface area is 191 Å². The Morgan fingerprint density at radius 1 is 1.06 bits per heavy atom. The molecule has 13 heteroatoms. The zero-order valence-electron chi connectivity index (χ0n) is 17.9. The number of aliphatic carboxylic acids is 2. The third-order valence-corrected chi connectivity index (χ3v) is 5.59. The van der Waals surface area contributed by atoms with E-state index in [1.165, 1.54) is 4.90 Å². The molecule has 12 nitrogen and oxygen atoms in total. The van der Waals surface area contributed by atoms with Gasteiger partial charge < -0.3 is 37.2 Å². The van der Waals surface area contributed by atoms with Crippen LogP contribution in [0.25, 0.3) is 0 Å². The zero-order valence-corrected chi connectivity index (χ0v) is 18.8. The van der Waals surface area contributed by atoms with Crippen molar-refractivity contribution in [2.75, 3.05) is 18.8 Å². The van der Waals surface area contributed by atoms with Crippen LogP contribution in [0, 0.1) is 0 Å².